The molecule has 0 fully saturated rings. The summed E-state index contributed by atoms with van der Waals surface area (Å²) in [6.45, 7) is 1.57. The van der Waals surface area contributed by atoms with Crippen LogP contribution in [0, 0.1) is 0 Å². The van der Waals surface area contributed by atoms with Crippen molar-refractivity contribution in [3.05, 3.63) is 71.8 Å². The molecule has 0 spiro atoms. The van der Waals surface area contributed by atoms with Crippen molar-refractivity contribution in [3.8, 4) is 5.75 Å². The van der Waals surface area contributed by atoms with Crippen LogP contribution in [-0.2, 0) is 4.79 Å². The molecule has 3 aromatic rings. The van der Waals surface area contributed by atoms with Gasteiger partial charge in [0.1, 0.15) is 5.75 Å². The van der Waals surface area contributed by atoms with Gasteiger partial charge in [0.2, 0.25) is 0 Å². The summed E-state index contributed by atoms with van der Waals surface area (Å²) < 4.78 is 5.15. The van der Waals surface area contributed by atoms with Crippen molar-refractivity contribution >= 4 is 28.3 Å². The number of carboxylic acid groups (broad SMARTS) is 1. The third-order valence-electron chi connectivity index (χ3n) is 4.55. The summed E-state index contributed by atoms with van der Waals surface area (Å²) in [5, 5.41) is 23.4. The minimum Gasteiger partial charge on any atom is -0.482 e. The molecule has 0 aliphatic heterocycles. The molecule has 0 saturated carbocycles. The molecule has 0 heterocycles. The zero-order chi connectivity index (χ0) is 20.8. The molecule has 29 heavy (non-hydrogen) atoms. The second-order valence-corrected chi connectivity index (χ2v) is 6.75. The van der Waals surface area contributed by atoms with Crippen LogP contribution in [0.1, 0.15) is 41.8 Å². The number of ether oxygens (including phenoxy) is 1. The lowest BCUT2D eigenvalue weighted by Crippen LogP contribution is -2.13. The quantitative estimate of drug-likeness (QED) is 0.527. The highest BCUT2D eigenvalue weighted by Crippen LogP contribution is 2.26. The SMILES string of the molecule is CCC[C@H](O)c1ccc2c(C(=O)Nc3cccc(OCC(=O)O)c3)cccc2c1. The Morgan fingerprint density at radius 2 is 1.86 bits per heavy atom. The van der Waals surface area contributed by atoms with Gasteiger partial charge >= 0.3 is 5.97 Å². The fourth-order valence-electron chi connectivity index (χ4n) is 3.15. The summed E-state index contributed by atoms with van der Waals surface area (Å²) in [6.07, 6.45) is 1.05. The summed E-state index contributed by atoms with van der Waals surface area (Å²) in [5.41, 5.74) is 1.85. The van der Waals surface area contributed by atoms with Gasteiger partial charge in [-0.1, -0.05) is 43.7 Å². The van der Waals surface area contributed by atoms with Gasteiger partial charge in [0, 0.05) is 17.3 Å². The lowest BCUT2D eigenvalue weighted by molar-refractivity contribution is -0.139. The third kappa shape index (κ3) is 5.12. The van der Waals surface area contributed by atoms with E-state index in [0.29, 0.717) is 23.4 Å². The smallest absolute Gasteiger partial charge is 0.341 e. The minimum absolute atomic E-state index is 0.284. The second-order valence-electron chi connectivity index (χ2n) is 6.75. The van der Waals surface area contributed by atoms with Crippen molar-refractivity contribution in [1.29, 1.82) is 0 Å². The number of amides is 1. The van der Waals surface area contributed by atoms with Gasteiger partial charge in [-0.25, -0.2) is 4.79 Å². The van der Waals surface area contributed by atoms with Crippen molar-refractivity contribution in [2.45, 2.75) is 25.9 Å². The van der Waals surface area contributed by atoms with Crippen molar-refractivity contribution in [2.24, 2.45) is 0 Å². The van der Waals surface area contributed by atoms with E-state index in [0.717, 1.165) is 22.8 Å². The van der Waals surface area contributed by atoms with Crippen LogP contribution < -0.4 is 10.1 Å². The first-order valence-corrected chi connectivity index (χ1v) is 9.44. The van der Waals surface area contributed by atoms with Gasteiger partial charge in [-0.3, -0.25) is 4.79 Å². The summed E-state index contributed by atoms with van der Waals surface area (Å²) in [4.78, 5) is 23.5. The molecule has 1 amide bonds. The average molecular weight is 393 g/mol. The highest BCUT2D eigenvalue weighted by atomic mass is 16.5. The first-order valence-electron chi connectivity index (χ1n) is 9.44. The Morgan fingerprint density at radius 1 is 1.07 bits per heavy atom. The molecule has 0 aromatic heterocycles. The number of hydrogen-bond donors (Lipinski definition) is 3. The molecule has 3 rings (SSSR count). The van der Waals surface area contributed by atoms with E-state index in [4.69, 9.17) is 9.84 Å². The Kier molecular flexibility index (Phi) is 6.46. The van der Waals surface area contributed by atoms with Crippen molar-refractivity contribution in [3.63, 3.8) is 0 Å². The van der Waals surface area contributed by atoms with Crippen LogP contribution in [0.3, 0.4) is 0 Å². The maximum absolute atomic E-state index is 12.8. The van der Waals surface area contributed by atoms with E-state index < -0.39 is 18.7 Å². The highest BCUT2D eigenvalue weighted by molar-refractivity contribution is 6.13. The number of carbonyl (C=O) groups is 2. The van der Waals surface area contributed by atoms with Gasteiger partial charge < -0.3 is 20.3 Å². The molecule has 0 radical (unpaired) electrons. The Labute approximate surface area is 168 Å². The maximum atomic E-state index is 12.8. The van der Waals surface area contributed by atoms with Gasteiger partial charge in [0.05, 0.1) is 6.10 Å². The number of aliphatic carboxylic acids is 1. The molecule has 0 saturated heterocycles. The highest BCUT2D eigenvalue weighted by Gasteiger charge is 2.13. The number of hydrogen-bond acceptors (Lipinski definition) is 4. The predicted molar refractivity (Wildman–Crippen MR) is 111 cm³/mol. The fraction of sp³-hybridized carbons (Fsp3) is 0.217. The molecular formula is C23H23NO5. The van der Waals surface area contributed by atoms with E-state index in [1.54, 1.807) is 36.4 Å². The van der Waals surface area contributed by atoms with Crippen LogP contribution in [0.4, 0.5) is 5.69 Å². The van der Waals surface area contributed by atoms with Crippen molar-refractivity contribution < 1.29 is 24.5 Å². The van der Waals surface area contributed by atoms with Gasteiger partial charge in [-0.2, -0.15) is 0 Å². The molecule has 0 bridgehead atoms. The number of carboxylic acids is 1. The normalized spacial score (nSPS) is 11.8. The molecule has 150 valence electrons. The van der Waals surface area contributed by atoms with Gasteiger partial charge in [0.15, 0.2) is 6.61 Å². The van der Waals surface area contributed by atoms with E-state index in [9.17, 15) is 14.7 Å². The molecule has 6 nitrogen and oxygen atoms in total. The zero-order valence-corrected chi connectivity index (χ0v) is 16.1. The molecule has 3 aromatic carbocycles. The number of nitrogens with one attached hydrogen (secondary N) is 1. The summed E-state index contributed by atoms with van der Waals surface area (Å²) in [7, 11) is 0. The van der Waals surface area contributed by atoms with Crippen molar-refractivity contribution in [1.82, 2.24) is 0 Å². The Morgan fingerprint density at radius 3 is 2.62 bits per heavy atom. The standard InChI is InChI=1S/C23H23NO5/c1-2-5-21(25)16-10-11-19-15(12-16)6-3-9-20(19)23(28)24-17-7-4-8-18(13-17)29-14-22(26)27/h3-4,6-13,21,25H,2,5,14H2,1H3,(H,24,28)(H,26,27)/t21-/m0/s1. The molecule has 0 unspecified atom stereocenters. The molecule has 6 heteroatoms. The Hall–Kier alpha value is -3.38. The number of aliphatic hydroxyl groups is 1. The van der Waals surface area contributed by atoms with E-state index >= 15 is 0 Å². The number of fused-ring (bicyclic) bond motifs is 1. The molecule has 1 atom stereocenters. The monoisotopic (exact) mass is 393 g/mol. The topological polar surface area (TPSA) is 95.9 Å². The number of benzene rings is 3. The molecular weight excluding hydrogens is 370 g/mol. The van der Waals surface area contributed by atoms with Crippen LogP contribution in [0.5, 0.6) is 5.75 Å². The van der Waals surface area contributed by atoms with Crippen LogP contribution in [0.25, 0.3) is 10.8 Å². The molecule has 0 aliphatic rings. The van der Waals surface area contributed by atoms with E-state index in [1.165, 1.54) is 0 Å². The largest absolute Gasteiger partial charge is 0.482 e. The lowest BCUT2D eigenvalue weighted by Gasteiger charge is -2.13. The first kappa shape index (κ1) is 20.4. The number of aliphatic hydroxyl groups excluding tert-OH is 1. The number of carbonyl (C=O) groups excluding carboxylic acids is 1. The third-order valence-corrected chi connectivity index (χ3v) is 4.55. The van der Waals surface area contributed by atoms with Crippen LogP contribution in [0.15, 0.2) is 60.7 Å². The number of rotatable bonds is 8. The zero-order valence-electron chi connectivity index (χ0n) is 16.1. The summed E-state index contributed by atoms with van der Waals surface area (Å²) >= 11 is 0. The Balaban J connectivity index is 1.82. The minimum atomic E-state index is -1.07. The van der Waals surface area contributed by atoms with Crippen LogP contribution >= 0.6 is 0 Å². The fourth-order valence-corrected chi connectivity index (χ4v) is 3.15. The van der Waals surface area contributed by atoms with Crippen LogP contribution in [0.2, 0.25) is 0 Å². The predicted octanol–water partition coefficient (Wildman–Crippen LogP) is 4.39. The van der Waals surface area contributed by atoms with Crippen LogP contribution in [-0.4, -0.2) is 28.7 Å². The van der Waals surface area contributed by atoms with Crippen molar-refractivity contribution in [2.75, 3.05) is 11.9 Å². The van der Waals surface area contributed by atoms with E-state index in [2.05, 4.69) is 5.32 Å². The van der Waals surface area contributed by atoms with Gasteiger partial charge in [0.25, 0.3) is 5.91 Å². The lowest BCUT2D eigenvalue weighted by atomic mass is 9.98. The summed E-state index contributed by atoms with van der Waals surface area (Å²) in [5.74, 6) is -0.996. The Bertz CT molecular complexity index is 1030. The van der Waals surface area contributed by atoms with Gasteiger partial charge in [-0.05, 0) is 47.0 Å². The average Bonchev–Trinajstić information content (AvgIpc) is 2.71. The molecule has 3 N–H and O–H groups in total. The van der Waals surface area contributed by atoms with E-state index in [1.807, 2.05) is 31.2 Å². The second kappa shape index (κ2) is 9.21. The maximum Gasteiger partial charge on any atom is 0.341 e. The number of anilines is 1. The first-order chi connectivity index (χ1) is 14.0. The molecule has 0 aliphatic carbocycles. The van der Waals surface area contributed by atoms with E-state index in [-0.39, 0.29) is 5.91 Å². The summed E-state index contributed by atoms with van der Waals surface area (Å²) in [6, 6.07) is 17.6. The van der Waals surface area contributed by atoms with Gasteiger partial charge in [-0.15, -0.1) is 0 Å².